The summed E-state index contributed by atoms with van der Waals surface area (Å²) in [5.74, 6) is 0.164. The molecule has 0 bridgehead atoms. The summed E-state index contributed by atoms with van der Waals surface area (Å²) in [5.41, 5.74) is 2.44. The number of hydrogen-bond donors (Lipinski definition) is 1. The third-order valence-corrected chi connectivity index (χ3v) is 5.62. The Kier molecular flexibility index (Phi) is 7.16. The molecular weight excluding hydrogens is 322 g/mol. The van der Waals surface area contributed by atoms with E-state index in [1.807, 2.05) is 19.1 Å². The predicted octanol–water partition coefficient (Wildman–Crippen LogP) is 3.63. The molecule has 1 aromatic rings. The highest BCUT2D eigenvalue weighted by molar-refractivity contribution is 8.00. The number of esters is 1. The van der Waals surface area contributed by atoms with Crippen LogP contribution in [0.25, 0.3) is 0 Å². The molecule has 1 amide bonds. The van der Waals surface area contributed by atoms with Crippen LogP contribution >= 0.6 is 11.8 Å². The highest BCUT2D eigenvalue weighted by Gasteiger charge is 2.23. The molecule has 2 rings (SSSR count). The van der Waals surface area contributed by atoms with Gasteiger partial charge in [0, 0.05) is 10.9 Å². The number of amides is 1. The number of carbonyl (C=O) groups is 2. The molecule has 0 unspecified atom stereocenters. The van der Waals surface area contributed by atoms with Gasteiger partial charge < -0.3 is 10.1 Å². The molecule has 1 aromatic carbocycles. The minimum absolute atomic E-state index is 0.185. The van der Waals surface area contributed by atoms with E-state index >= 15 is 0 Å². The van der Waals surface area contributed by atoms with Gasteiger partial charge in [-0.25, -0.2) is 0 Å². The van der Waals surface area contributed by atoms with Gasteiger partial charge in [-0.05, 0) is 55.9 Å². The van der Waals surface area contributed by atoms with Gasteiger partial charge in [-0.3, -0.25) is 9.59 Å². The minimum Gasteiger partial charge on any atom is -0.455 e. The average Bonchev–Trinajstić information content (AvgIpc) is 2.56. The second-order valence-electron chi connectivity index (χ2n) is 6.63. The van der Waals surface area contributed by atoms with Crippen LogP contribution in [0, 0.1) is 19.8 Å². The van der Waals surface area contributed by atoms with Crippen molar-refractivity contribution in [1.82, 2.24) is 5.32 Å². The lowest BCUT2D eigenvalue weighted by Crippen LogP contribution is -2.43. The fourth-order valence-corrected chi connectivity index (χ4v) is 3.71. The number of ether oxygens (including phenoxy) is 1. The van der Waals surface area contributed by atoms with Gasteiger partial charge in [-0.15, -0.1) is 11.8 Å². The van der Waals surface area contributed by atoms with Crippen molar-refractivity contribution in [2.45, 2.75) is 57.4 Å². The first-order valence-electron chi connectivity index (χ1n) is 8.60. The Morgan fingerprint density at radius 3 is 2.67 bits per heavy atom. The second kappa shape index (κ2) is 9.11. The molecule has 2 atom stereocenters. The monoisotopic (exact) mass is 349 g/mol. The van der Waals surface area contributed by atoms with Gasteiger partial charge in [-0.1, -0.05) is 25.8 Å². The first-order valence-corrected chi connectivity index (χ1v) is 9.59. The van der Waals surface area contributed by atoms with Crippen molar-refractivity contribution in [3.05, 3.63) is 29.3 Å². The lowest BCUT2D eigenvalue weighted by molar-refractivity contribution is -0.146. The number of rotatable bonds is 6. The van der Waals surface area contributed by atoms with Gasteiger partial charge in [0.25, 0.3) is 5.91 Å². The van der Waals surface area contributed by atoms with Crippen molar-refractivity contribution in [1.29, 1.82) is 0 Å². The van der Waals surface area contributed by atoms with E-state index in [0.29, 0.717) is 5.92 Å². The standard InChI is InChI=1S/C19H27NO3S/c1-13-8-9-16(10-15(13)3)24-12-19(22)23-11-18(21)20-17-7-5-4-6-14(17)2/h8-10,14,17H,4-7,11-12H2,1-3H3,(H,20,21)/t14-,17-/m0/s1. The normalized spacial score (nSPS) is 20.5. The van der Waals surface area contributed by atoms with E-state index < -0.39 is 0 Å². The molecule has 0 aromatic heterocycles. The Labute approximate surface area is 148 Å². The third-order valence-electron chi connectivity index (χ3n) is 4.66. The Balaban J connectivity index is 1.68. The van der Waals surface area contributed by atoms with Crippen LogP contribution in [0.15, 0.2) is 23.1 Å². The van der Waals surface area contributed by atoms with Crippen LogP contribution in [-0.4, -0.2) is 30.3 Å². The van der Waals surface area contributed by atoms with Crippen molar-refractivity contribution in [3.8, 4) is 0 Å². The van der Waals surface area contributed by atoms with Gasteiger partial charge >= 0.3 is 5.97 Å². The zero-order valence-electron chi connectivity index (χ0n) is 14.8. The molecule has 1 fully saturated rings. The van der Waals surface area contributed by atoms with Crippen molar-refractivity contribution >= 4 is 23.6 Å². The van der Waals surface area contributed by atoms with Crippen molar-refractivity contribution in [2.75, 3.05) is 12.4 Å². The van der Waals surface area contributed by atoms with Gasteiger partial charge in [0.05, 0.1) is 5.75 Å². The van der Waals surface area contributed by atoms with E-state index in [0.717, 1.165) is 24.2 Å². The van der Waals surface area contributed by atoms with Crippen LogP contribution in [0.4, 0.5) is 0 Å². The van der Waals surface area contributed by atoms with Crippen LogP contribution < -0.4 is 5.32 Å². The summed E-state index contributed by atoms with van der Waals surface area (Å²) in [5, 5.41) is 2.99. The SMILES string of the molecule is Cc1ccc(SCC(=O)OCC(=O)N[C@H]2CCCC[C@@H]2C)cc1C. The molecule has 24 heavy (non-hydrogen) atoms. The molecule has 132 valence electrons. The fraction of sp³-hybridized carbons (Fsp3) is 0.579. The summed E-state index contributed by atoms with van der Waals surface area (Å²) in [6.45, 7) is 6.09. The first kappa shape index (κ1) is 18.8. The van der Waals surface area contributed by atoms with Crippen LogP contribution in [0.3, 0.4) is 0 Å². The molecule has 0 radical (unpaired) electrons. The minimum atomic E-state index is -0.356. The van der Waals surface area contributed by atoms with Crippen molar-refractivity contribution in [2.24, 2.45) is 5.92 Å². The molecule has 0 saturated heterocycles. The Bertz CT molecular complexity index is 588. The van der Waals surface area contributed by atoms with Crippen LogP contribution in [0.1, 0.15) is 43.7 Å². The van der Waals surface area contributed by atoms with Gasteiger partial charge in [-0.2, -0.15) is 0 Å². The maximum absolute atomic E-state index is 11.9. The molecule has 0 spiro atoms. The van der Waals surface area contributed by atoms with E-state index in [9.17, 15) is 9.59 Å². The lowest BCUT2D eigenvalue weighted by atomic mass is 9.86. The number of nitrogens with one attached hydrogen (secondary N) is 1. The Morgan fingerprint density at radius 2 is 1.96 bits per heavy atom. The molecule has 1 saturated carbocycles. The fourth-order valence-electron chi connectivity index (χ4n) is 2.91. The quantitative estimate of drug-likeness (QED) is 0.629. The van der Waals surface area contributed by atoms with E-state index in [1.165, 1.54) is 29.3 Å². The predicted molar refractivity (Wildman–Crippen MR) is 97.2 cm³/mol. The molecular formula is C19H27NO3S. The lowest BCUT2D eigenvalue weighted by Gasteiger charge is -2.29. The topological polar surface area (TPSA) is 55.4 Å². The second-order valence-corrected chi connectivity index (χ2v) is 7.68. The van der Waals surface area contributed by atoms with E-state index in [2.05, 4.69) is 25.2 Å². The Morgan fingerprint density at radius 1 is 1.21 bits per heavy atom. The van der Waals surface area contributed by atoms with Crippen LogP contribution in [0.5, 0.6) is 0 Å². The Hall–Kier alpha value is -1.49. The zero-order chi connectivity index (χ0) is 17.5. The molecule has 1 aliphatic rings. The molecule has 4 nitrogen and oxygen atoms in total. The summed E-state index contributed by atoms with van der Waals surface area (Å²) < 4.78 is 5.08. The van der Waals surface area contributed by atoms with E-state index in [-0.39, 0.29) is 30.3 Å². The first-order chi connectivity index (χ1) is 11.5. The summed E-state index contributed by atoms with van der Waals surface area (Å²) in [6, 6.07) is 6.32. The van der Waals surface area contributed by atoms with Crippen molar-refractivity contribution < 1.29 is 14.3 Å². The number of aryl methyl sites for hydroxylation is 2. The molecule has 0 heterocycles. The number of thioether (sulfide) groups is 1. The average molecular weight is 349 g/mol. The van der Waals surface area contributed by atoms with Gasteiger partial charge in [0.2, 0.25) is 0 Å². The maximum atomic E-state index is 11.9. The number of hydrogen-bond acceptors (Lipinski definition) is 4. The number of benzene rings is 1. The number of carbonyl (C=O) groups excluding carboxylic acids is 2. The molecule has 0 aliphatic heterocycles. The molecule has 1 N–H and O–H groups in total. The van der Waals surface area contributed by atoms with E-state index in [1.54, 1.807) is 0 Å². The molecule has 1 aliphatic carbocycles. The van der Waals surface area contributed by atoms with Crippen molar-refractivity contribution in [3.63, 3.8) is 0 Å². The highest BCUT2D eigenvalue weighted by atomic mass is 32.2. The molecule has 5 heteroatoms. The van der Waals surface area contributed by atoms with Crippen LogP contribution in [0.2, 0.25) is 0 Å². The summed E-state index contributed by atoms with van der Waals surface area (Å²) in [7, 11) is 0. The smallest absolute Gasteiger partial charge is 0.316 e. The third kappa shape index (κ3) is 5.86. The highest BCUT2D eigenvalue weighted by Crippen LogP contribution is 2.23. The van der Waals surface area contributed by atoms with Crippen LogP contribution in [-0.2, 0) is 14.3 Å². The van der Waals surface area contributed by atoms with E-state index in [4.69, 9.17) is 4.74 Å². The summed E-state index contributed by atoms with van der Waals surface area (Å²) in [4.78, 5) is 24.8. The van der Waals surface area contributed by atoms with Gasteiger partial charge in [0.15, 0.2) is 6.61 Å². The van der Waals surface area contributed by atoms with Gasteiger partial charge in [0.1, 0.15) is 0 Å². The largest absolute Gasteiger partial charge is 0.455 e. The zero-order valence-corrected chi connectivity index (χ0v) is 15.6. The summed E-state index contributed by atoms with van der Waals surface area (Å²) >= 11 is 1.43. The summed E-state index contributed by atoms with van der Waals surface area (Å²) in [6.07, 6.45) is 4.56. The maximum Gasteiger partial charge on any atom is 0.316 e.